The number of aryl methyl sites for hydroxylation is 1. The Morgan fingerprint density at radius 3 is 2.60 bits per heavy atom. The Morgan fingerprint density at radius 1 is 1.20 bits per heavy atom. The Hall–Kier alpha value is -3.00. The van der Waals surface area contributed by atoms with Crippen LogP contribution >= 0.6 is 11.3 Å². The van der Waals surface area contributed by atoms with Crippen LogP contribution in [0, 0.1) is 5.41 Å². The molecular formula is C22H26N6OS. The first kappa shape index (κ1) is 20.3. The monoisotopic (exact) mass is 422 g/mol. The molecule has 8 heteroatoms. The second-order valence-electron chi connectivity index (χ2n) is 7.28. The Balaban J connectivity index is 1.28. The average Bonchev–Trinajstić information content (AvgIpc) is 3.28. The highest BCUT2D eigenvalue weighted by atomic mass is 32.1. The van der Waals surface area contributed by atoms with Crippen LogP contribution in [0.1, 0.15) is 41.9 Å². The first-order valence-corrected chi connectivity index (χ1v) is 11.1. The van der Waals surface area contributed by atoms with Crippen molar-refractivity contribution in [2.75, 3.05) is 23.3 Å². The van der Waals surface area contributed by atoms with E-state index < -0.39 is 0 Å². The molecular weight excluding hydrogens is 396 g/mol. The van der Waals surface area contributed by atoms with Gasteiger partial charge >= 0.3 is 0 Å². The van der Waals surface area contributed by atoms with Crippen LogP contribution in [-0.2, 0) is 13.0 Å². The van der Waals surface area contributed by atoms with Crippen molar-refractivity contribution < 1.29 is 4.74 Å². The molecule has 1 fully saturated rings. The summed E-state index contributed by atoms with van der Waals surface area (Å²) in [6.45, 7) is 4.49. The summed E-state index contributed by atoms with van der Waals surface area (Å²) in [7, 11) is 0. The van der Waals surface area contributed by atoms with Crippen LogP contribution < -0.4 is 15.0 Å². The molecule has 2 N–H and O–H groups in total. The van der Waals surface area contributed by atoms with Crippen molar-refractivity contribution in [2.45, 2.75) is 38.7 Å². The van der Waals surface area contributed by atoms with E-state index in [0.29, 0.717) is 12.5 Å². The molecule has 3 aromatic rings. The topological polar surface area (TPSA) is 87.0 Å². The number of thiazole rings is 1. The number of rotatable bonds is 8. The fourth-order valence-corrected chi connectivity index (χ4v) is 4.46. The summed E-state index contributed by atoms with van der Waals surface area (Å²) in [6.07, 6.45) is 8.11. The van der Waals surface area contributed by atoms with Gasteiger partial charge in [0.25, 0.3) is 0 Å². The van der Waals surface area contributed by atoms with Gasteiger partial charge in [-0.05, 0) is 49.1 Å². The van der Waals surface area contributed by atoms with Gasteiger partial charge in [-0.1, -0.05) is 6.92 Å². The lowest BCUT2D eigenvalue weighted by atomic mass is 9.98. The molecule has 2 aromatic heterocycles. The molecule has 0 aliphatic carbocycles. The molecule has 0 unspecified atom stereocenters. The maximum absolute atomic E-state index is 7.06. The SMILES string of the molecule is CCc1cnc(N2CCC(c3nc(COc4ccc(NC=N)cc4)cs3)CC2)nc1. The maximum atomic E-state index is 7.06. The van der Waals surface area contributed by atoms with Gasteiger partial charge < -0.3 is 15.0 Å². The molecule has 0 atom stereocenters. The van der Waals surface area contributed by atoms with Crippen LogP contribution in [0.4, 0.5) is 11.6 Å². The molecule has 0 spiro atoms. The summed E-state index contributed by atoms with van der Waals surface area (Å²) in [5, 5.41) is 13.2. The minimum Gasteiger partial charge on any atom is -0.487 e. The highest BCUT2D eigenvalue weighted by Crippen LogP contribution is 2.31. The minimum atomic E-state index is 0.463. The minimum absolute atomic E-state index is 0.463. The fraction of sp³-hybridized carbons (Fsp3) is 0.364. The van der Waals surface area contributed by atoms with Crippen molar-refractivity contribution in [3.63, 3.8) is 0 Å². The second kappa shape index (κ2) is 9.67. The number of aromatic nitrogens is 3. The molecule has 0 bridgehead atoms. The molecule has 30 heavy (non-hydrogen) atoms. The third-order valence-electron chi connectivity index (χ3n) is 5.28. The van der Waals surface area contributed by atoms with Gasteiger partial charge in [-0.25, -0.2) is 15.0 Å². The van der Waals surface area contributed by atoms with E-state index in [0.717, 1.165) is 61.8 Å². The lowest BCUT2D eigenvalue weighted by Crippen LogP contribution is -2.34. The maximum Gasteiger partial charge on any atom is 0.225 e. The molecule has 1 aliphatic heterocycles. The van der Waals surface area contributed by atoms with Crippen LogP contribution in [0.25, 0.3) is 0 Å². The van der Waals surface area contributed by atoms with Crippen LogP contribution in [0.3, 0.4) is 0 Å². The van der Waals surface area contributed by atoms with E-state index in [1.165, 1.54) is 10.6 Å². The van der Waals surface area contributed by atoms with Crippen molar-refractivity contribution in [3.8, 4) is 5.75 Å². The zero-order chi connectivity index (χ0) is 20.8. The molecule has 0 saturated carbocycles. The number of benzene rings is 1. The van der Waals surface area contributed by atoms with Gasteiger partial charge in [-0.2, -0.15) is 0 Å². The number of nitrogens with zero attached hydrogens (tertiary/aromatic N) is 4. The molecule has 1 saturated heterocycles. The summed E-state index contributed by atoms with van der Waals surface area (Å²) >= 11 is 1.73. The summed E-state index contributed by atoms with van der Waals surface area (Å²) in [5.74, 6) is 2.12. The summed E-state index contributed by atoms with van der Waals surface area (Å²) in [4.78, 5) is 16.1. The van der Waals surface area contributed by atoms with Crippen LogP contribution in [0.2, 0.25) is 0 Å². The number of anilines is 2. The van der Waals surface area contributed by atoms with Gasteiger partial charge in [0, 0.05) is 42.5 Å². The smallest absolute Gasteiger partial charge is 0.225 e. The highest BCUT2D eigenvalue weighted by molar-refractivity contribution is 7.09. The fourth-order valence-electron chi connectivity index (χ4n) is 3.48. The number of nitrogens with one attached hydrogen (secondary N) is 2. The third-order valence-corrected chi connectivity index (χ3v) is 6.33. The molecule has 4 rings (SSSR count). The van der Waals surface area contributed by atoms with Gasteiger partial charge in [0.1, 0.15) is 12.4 Å². The molecule has 7 nitrogen and oxygen atoms in total. The van der Waals surface area contributed by atoms with E-state index in [1.807, 2.05) is 36.7 Å². The Labute approximate surface area is 180 Å². The zero-order valence-corrected chi connectivity index (χ0v) is 17.9. The van der Waals surface area contributed by atoms with E-state index >= 15 is 0 Å². The van der Waals surface area contributed by atoms with Crippen molar-refractivity contribution >= 4 is 29.3 Å². The van der Waals surface area contributed by atoms with E-state index in [9.17, 15) is 0 Å². The van der Waals surface area contributed by atoms with E-state index in [1.54, 1.807) is 11.3 Å². The quantitative estimate of drug-likeness (QED) is 0.411. The van der Waals surface area contributed by atoms with E-state index in [4.69, 9.17) is 15.1 Å². The summed E-state index contributed by atoms with van der Waals surface area (Å²) in [6, 6.07) is 7.56. The van der Waals surface area contributed by atoms with Crippen molar-refractivity contribution in [3.05, 3.63) is 58.3 Å². The van der Waals surface area contributed by atoms with E-state index in [2.05, 4.69) is 32.5 Å². The number of hydrogen-bond acceptors (Lipinski definition) is 7. The predicted molar refractivity (Wildman–Crippen MR) is 121 cm³/mol. The van der Waals surface area contributed by atoms with Crippen molar-refractivity contribution in [1.29, 1.82) is 5.41 Å². The normalized spacial score (nSPS) is 14.5. The standard InChI is InChI=1S/C22H26N6OS/c1-2-16-11-24-22(25-12-16)28-9-7-17(8-10-28)21-27-19(14-30-21)13-29-20-5-3-18(4-6-20)26-15-23/h3-6,11-12,14-15,17H,2,7-10,13H2,1H3,(H2,23,26). The number of piperidine rings is 1. The number of hydrogen-bond donors (Lipinski definition) is 2. The van der Waals surface area contributed by atoms with Gasteiger partial charge in [-0.15, -0.1) is 11.3 Å². The van der Waals surface area contributed by atoms with Gasteiger partial charge in [-0.3, -0.25) is 5.41 Å². The molecule has 1 aromatic carbocycles. The lowest BCUT2D eigenvalue weighted by molar-refractivity contribution is 0.301. The number of ether oxygens (including phenoxy) is 1. The molecule has 0 radical (unpaired) electrons. The summed E-state index contributed by atoms with van der Waals surface area (Å²) in [5.41, 5.74) is 3.01. The summed E-state index contributed by atoms with van der Waals surface area (Å²) < 4.78 is 5.85. The molecule has 156 valence electrons. The first-order chi connectivity index (χ1) is 14.7. The third kappa shape index (κ3) is 4.94. The Bertz CT molecular complexity index is 949. The Morgan fingerprint density at radius 2 is 1.93 bits per heavy atom. The zero-order valence-electron chi connectivity index (χ0n) is 17.0. The highest BCUT2D eigenvalue weighted by Gasteiger charge is 2.24. The first-order valence-electron chi connectivity index (χ1n) is 10.2. The Kier molecular flexibility index (Phi) is 6.53. The van der Waals surface area contributed by atoms with Crippen LogP contribution in [-0.4, -0.2) is 34.4 Å². The van der Waals surface area contributed by atoms with Gasteiger partial charge in [0.2, 0.25) is 5.95 Å². The molecule has 0 amide bonds. The van der Waals surface area contributed by atoms with Crippen molar-refractivity contribution in [2.24, 2.45) is 0 Å². The second-order valence-corrected chi connectivity index (χ2v) is 8.17. The van der Waals surface area contributed by atoms with Crippen molar-refractivity contribution in [1.82, 2.24) is 15.0 Å². The molecule has 3 heterocycles. The van der Waals surface area contributed by atoms with Gasteiger partial charge in [0.15, 0.2) is 0 Å². The van der Waals surface area contributed by atoms with Crippen LogP contribution in [0.15, 0.2) is 42.0 Å². The van der Waals surface area contributed by atoms with E-state index in [-0.39, 0.29) is 0 Å². The largest absolute Gasteiger partial charge is 0.487 e. The average molecular weight is 423 g/mol. The predicted octanol–water partition coefficient (Wildman–Crippen LogP) is 4.48. The van der Waals surface area contributed by atoms with Gasteiger partial charge in [0.05, 0.1) is 17.0 Å². The lowest BCUT2D eigenvalue weighted by Gasteiger charge is -2.31. The van der Waals surface area contributed by atoms with Crippen LogP contribution in [0.5, 0.6) is 5.75 Å². The molecule has 1 aliphatic rings.